The molecule has 0 saturated heterocycles. The van der Waals surface area contributed by atoms with Crippen LogP contribution in [0.2, 0.25) is 0 Å². The standard InChI is InChI=1S/C18H30O8/c1-13(19)23-15(3)25-17(21)11-9-7-5-6-8-10-12-18(22)26-16(4)24-14(2)20/h15-16H,5-12H2,1-4H3. The van der Waals surface area contributed by atoms with Crippen LogP contribution in [0.15, 0.2) is 0 Å². The van der Waals surface area contributed by atoms with Crippen molar-refractivity contribution in [3.05, 3.63) is 0 Å². The minimum Gasteiger partial charge on any atom is -0.426 e. The number of carbonyl (C=O) groups is 4. The molecule has 8 nitrogen and oxygen atoms in total. The van der Waals surface area contributed by atoms with E-state index >= 15 is 0 Å². The molecule has 0 spiro atoms. The quantitative estimate of drug-likeness (QED) is 0.275. The van der Waals surface area contributed by atoms with Crippen molar-refractivity contribution >= 4 is 23.9 Å². The molecule has 2 atom stereocenters. The second kappa shape index (κ2) is 14.1. The second-order valence-electron chi connectivity index (χ2n) is 5.96. The van der Waals surface area contributed by atoms with Gasteiger partial charge in [0.25, 0.3) is 0 Å². The van der Waals surface area contributed by atoms with E-state index in [2.05, 4.69) is 0 Å². The highest BCUT2D eigenvalue weighted by molar-refractivity contribution is 5.70. The number of unbranched alkanes of at least 4 members (excludes halogenated alkanes) is 5. The SMILES string of the molecule is CC(=O)OC(C)OC(=O)CCCCCCCCC(=O)OC(C)OC(C)=O. The Bertz CT molecular complexity index is 418. The zero-order valence-corrected chi connectivity index (χ0v) is 16.1. The molecule has 0 aromatic carbocycles. The van der Waals surface area contributed by atoms with Crippen molar-refractivity contribution in [2.24, 2.45) is 0 Å². The van der Waals surface area contributed by atoms with Crippen molar-refractivity contribution in [1.82, 2.24) is 0 Å². The van der Waals surface area contributed by atoms with Gasteiger partial charge in [0.05, 0.1) is 0 Å². The van der Waals surface area contributed by atoms with E-state index < -0.39 is 24.5 Å². The lowest BCUT2D eigenvalue weighted by molar-refractivity contribution is -0.185. The van der Waals surface area contributed by atoms with Gasteiger partial charge in [-0.05, 0) is 12.8 Å². The zero-order valence-electron chi connectivity index (χ0n) is 16.1. The van der Waals surface area contributed by atoms with E-state index in [0.29, 0.717) is 12.8 Å². The average molecular weight is 374 g/mol. The molecule has 0 bridgehead atoms. The number of rotatable bonds is 13. The molecule has 0 N–H and O–H groups in total. The summed E-state index contributed by atoms with van der Waals surface area (Å²) in [6.07, 6.45) is 3.92. The molecule has 0 radical (unpaired) electrons. The fourth-order valence-corrected chi connectivity index (χ4v) is 2.25. The Hall–Kier alpha value is -2.12. The Morgan fingerprint density at radius 3 is 1.19 bits per heavy atom. The maximum atomic E-state index is 11.5. The zero-order chi connectivity index (χ0) is 19.9. The molecule has 0 amide bonds. The van der Waals surface area contributed by atoms with Crippen LogP contribution in [-0.4, -0.2) is 36.5 Å². The normalized spacial score (nSPS) is 12.6. The van der Waals surface area contributed by atoms with E-state index in [4.69, 9.17) is 18.9 Å². The van der Waals surface area contributed by atoms with Crippen molar-refractivity contribution in [1.29, 1.82) is 0 Å². The van der Waals surface area contributed by atoms with E-state index in [0.717, 1.165) is 25.7 Å². The Morgan fingerprint density at radius 1 is 0.577 bits per heavy atom. The number of esters is 4. The molecule has 0 saturated carbocycles. The minimum atomic E-state index is -0.858. The fourth-order valence-electron chi connectivity index (χ4n) is 2.25. The Labute approximate surface area is 154 Å². The monoisotopic (exact) mass is 374 g/mol. The maximum Gasteiger partial charge on any atom is 0.308 e. The first-order chi connectivity index (χ1) is 12.2. The van der Waals surface area contributed by atoms with Gasteiger partial charge in [0.1, 0.15) is 0 Å². The largest absolute Gasteiger partial charge is 0.426 e. The van der Waals surface area contributed by atoms with E-state index in [1.807, 2.05) is 0 Å². The van der Waals surface area contributed by atoms with Gasteiger partial charge in [-0.3, -0.25) is 19.2 Å². The van der Waals surface area contributed by atoms with Crippen molar-refractivity contribution in [2.75, 3.05) is 0 Å². The van der Waals surface area contributed by atoms with E-state index in [-0.39, 0.29) is 24.8 Å². The highest BCUT2D eigenvalue weighted by atomic mass is 16.7. The number of hydrogen-bond donors (Lipinski definition) is 0. The summed E-state index contributed by atoms with van der Waals surface area (Å²) < 4.78 is 19.3. The average Bonchev–Trinajstić information content (AvgIpc) is 2.47. The molecule has 0 fully saturated rings. The van der Waals surface area contributed by atoms with Gasteiger partial charge < -0.3 is 18.9 Å². The van der Waals surface area contributed by atoms with Gasteiger partial charge in [-0.1, -0.05) is 25.7 Å². The summed E-state index contributed by atoms with van der Waals surface area (Å²) in [4.78, 5) is 44.4. The summed E-state index contributed by atoms with van der Waals surface area (Å²) >= 11 is 0. The summed E-state index contributed by atoms with van der Waals surface area (Å²) in [6.45, 7) is 5.50. The summed E-state index contributed by atoms with van der Waals surface area (Å²) in [6, 6.07) is 0. The molecule has 150 valence electrons. The Morgan fingerprint density at radius 2 is 0.885 bits per heavy atom. The topological polar surface area (TPSA) is 105 Å². The first-order valence-corrected chi connectivity index (χ1v) is 8.94. The lowest BCUT2D eigenvalue weighted by Gasteiger charge is -2.12. The summed E-state index contributed by atoms with van der Waals surface area (Å²) in [5.41, 5.74) is 0. The molecule has 0 aliphatic carbocycles. The molecule has 0 heterocycles. The van der Waals surface area contributed by atoms with Crippen LogP contribution in [0.25, 0.3) is 0 Å². The molecule has 2 unspecified atom stereocenters. The Balaban J connectivity index is 3.53. The van der Waals surface area contributed by atoms with Gasteiger partial charge in [-0.25, -0.2) is 0 Å². The van der Waals surface area contributed by atoms with Crippen LogP contribution >= 0.6 is 0 Å². The summed E-state index contributed by atoms with van der Waals surface area (Å²) in [5, 5.41) is 0. The minimum absolute atomic E-state index is 0.284. The first-order valence-electron chi connectivity index (χ1n) is 8.94. The number of carbonyl (C=O) groups excluding carboxylic acids is 4. The summed E-state index contributed by atoms with van der Waals surface area (Å²) in [5.74, 6) is -1.75. The van der Waals surface area contributed by atoms with Crippen LogP contribution in [0.1, 0.15) is 79.1 Å². The molecule has 0 rings (SSSR count). The van der Waals surface area contributed by atoms with E-state index in [1.165, 1.54) is 27.7 Å². The summed E-state index contributed by atoms with van der Waals surface area (Å²) in [7, 11) is 0. The van der Waals surface area contributed by atoms with Crippen LogP contribution in [0.3, 0.4) is 0 Å². The number of hydrogen-bond acceptors (Lipinski definition) is 8. The van der Waals surface area contributed by atoms with Crippen molar-refractivity contribution in [2.45, 2.75) is 91.6 Å². The maximum absolute atomic E-state index is 11.5. The van der Waals surface area contributed by atoms with Gasteiger partial charge >= 0.3 is 23.9 Å². The van der Waals surface area contributed by atoms with Gasteiger partial charge in [0.2, 0.25) is 12.6 Å². The lowest BCUT2D eigenvalue weighted by atomic mass is 10.1. The van der Waals surface area contributed by atoms with Gasteiger partial charge in [0.15, 0.2) is 0 Å². The second-order valence-corrected chi connectivity index (χ2v) is 5.96. The predicted molar refractivity (Wildman–Crippen MR) is 91.6 cm³/mol. The molecule has 0 aliphatic heterocycles. The van der Waals surface area contributed by atoms with Crippen molar-refractivity contribution in [3.8, 4) is 0 Å². The van der Waals surface area contributed by atoms with E-state index in [1.54, 1.807) is 0 Å². The highest BCUT2D eigenvalue weighted by Gasteiger charge is 2.12. The van der Waals surface area contributed by atoms with Gasteiger partial charge in [-0.15, -0.1) is 0 Å². The van der Waals surface area contributed by atoms with E-state index in [9.17, 15) is 19.2 Å². The predicted octanol–water partition coefficient (Wildman–Crippen LogP) is 3.01. The molecule has 0 aliphatic rings. The van der Waals surface area contributed by atoms with Crippen LogP contribution < -0.4 is 0 Å². The smallest absolute Gasteiger partial charge is 0.308 e. The highest BCUT2D eigenvalue weighted by Crippen LogP contribution is 2.10. The van der Waals surface area contributed by atoms with Crippen LogP contribution in [0.5, 0.6) is 0 Å². The number of ether oxygens (including phenoxy) is 4. The third kappa shape index (κ3) is 15.4. The third-order valence-corrected chi connectivity index (χ3v) is 3.27. The van der Waals surface area contributed by atoms with Crippen LogP contribution in [0, 0.1) is 0 Å². The molecule has 26 heavy (non-hydrogen) atoms. The van der Waals surface area contributed by atoms with Gasteiger partial charge in [0, 0.05) is 40.5 Å². The van der Waals surface area contributed by atoms with Crippen LogP contribution in [-0.2, 0) is 38.1 Å². The van der Waals surface area contributed by atoms with Crippen LogP contribution in [0.4, 0.5) is 0 Å². The molecular weight excluding hydrogens is 344 g/mol. The molecular formula is C18H30O8. The lowest BCUT2D eigenvalue weighted by Crippen LogP contribution is -2.20. The van der Waals surface area contributed by atoms with Crippen molar-refractivity contribution in [3.63, 3.8) is 0 Å². The van der Waals surface area contributed by atoms with Gasteiger partial charge in [-0.2, -0.15) is 0 Å². The third-order valence-electron chi connectivity index (χ3n) is 3.27. The first kappa shape index (κ1) is 23.9. The van der Waals surface area contributed by atoms with Crippen molar-refractivity contribution < 1.29 is 38.1 Å². The molecule has 0 aromatic heterocycles. The Kier molecular flexibility index (Phi) is 12.9. The molecule has 0 aromatic rings. The fraction of sp³-hybridized carbons (Fsp3) is 0.778. The molecule has 8 heteroatoms.